The number of carbonyl (C=O) groups is 2. The molecule has 27 heavy (non-hydrogen) atoms. The maximum Gasteiger partial charge on any atom is 0.326 e. The van der Waals surface area contributed by atoms with E-state index >= 15 is 0 Å². The standard InChI is InChI=1S/C23H26O4/c1-6-17-12-13-18(16(2)14-17)15-20(22(25)27-23(3,4)5)21(24)26-19-10-8-7-9-11-19/h6-14,20H,1,15H2,2-5H3. The highest BCUT2D eigenvalue weighted by Crippen LogP contribution is 2.22. The van der Waals surface area contributed by atoms with Crippen LogP contribution in [-0.2, 0) is 20.7 Å². The lowest BCUT2D eigenvalue weighted by atomic mass is 9.94. The molecule has 2 rings (SSSR count). The number of hydrogen-bond donors (Lipinski definition) is 0. The number of benzene rings is 2. The second kappa shape index (κ2) is 8.67. The largest absolute Gasteiger partial charge is 0.459 e. The summed E-state index contributed by atoms with van der Waals surface area (Å²) in [6.07, 6.45) is 1.97. The van der Waals surface area contributed by atoms with Gasteiger partial charge in [-0.25, -0.2) is 0 Å². The van der Waals surface area contributed by atoms with Crippen molar-refractivity contribution in [2.75, 3.05) is 0 Å². The summed E-state index contributed by atoms with van der Waals surface area (Å²) in [6.45, 7) is 11.0. The molecule has 2 aromatic rings. The van der Waals surface area contributed by atoms with E-state index in [9.17, 15) is 9.59 Å². The molecule has 0 radical (unpaired) electrons. The van der Waals surface area contributed by atoms with Crippen LogP contribution >= 0.6 is 0 Å². The molecule has 0 heterocycles. The smallest absolute Gasteiger partial charge is 0.326 e. The molecule has 0 bridgehead atoms. The summed E-state index contributed by atoms with van der Waals surface area (Å²) >= 11 is 0. The Labute approximate surface area is 160 Å². The lowest BCUT2D eigenvalue weighted by Gasteiger charge is -2.23. The molecule has 0 aliphatic carbocycles. The Balaban J connectivity index is 2.27. The number of rotatable bonds is 6. The Morgan fingerprint density at radius 1 is 1.07 bits per heavy atom. The van der Waals surface area contributed by atoms with Crippen molar-refractivity contribution in [1.82, 2.24) is 0 Å². The van der Waals surface area contributed by atoms with Crippen LogP contribution in [0.15, 0.2) is 55.1 Å². The van der Waals surface area contributed by atoms with Crippen LogP contribution in [0, 0.1) is 12.8 Å². The van der Waals surface area contributed by atoms with Gasteiger partial charge in [0.2, 0.25) is 0 Å². The van der Waals surface area contributed by atoms with Gasteiger partial charge >= 0.3 is 11.9 Å². The van der Waals surface area contributed by atoms with Crippen molar-refractivity contribution >= 4 is 18.0 Å². The van der Waals surface area contributed by atoms with Crippen LogP contribution < -0.4 is 4.74 Å². The minimum atomic E-state index is -1.04. The van der Waals surface area contributed by atoms with Crippen molar-refractivity contribution < 1.29 is 19.1 Å². The van der Waals surface area contributed by atoms with Crippen molar-refractivity contribution in [3.63, 3.8) is 0 Å². The summed E-state index contributed by atoms with van der Waals surface area (Å²) in [7, 11) is 0. The second-order valence-electron chi connectivity index (χ2n) is 7.41. The van der Waals surface area contributed by atoms with Gasteiger partial charge in [-0.1, -0.05) is 49.1 Å². The predicted octanol–water partition coefficient (Wildman–Crippen LogP) is 4.74. The van der Waals surface area contributed by atoms with E-state index in [-0.39, 0.29) is 6.42 Å². The number of esters is 2. The van der Waals surface area contributed by atoms with E-state index in [1.807, 2.05) is 31.2 Å². The first kappa shape index (κ1) is 20.4. The molecule has 4 heteroatoms. The SMILES string of the molecule is C=Cc1ccc(CC(C(=O)Oc2ccccc2)C(=O)OC(C)(C)C)c(C)c1. The average molecular weight is 366 g/mol. The van der Waals surface area contributed by atoms with E-state index in [0.717, 1.165) is 16.7 Å². The Morgan fingerprint density at radius 2 is 1.74 bits per heavy atom. The molecule has 4 nitrogen and oxygen atoms in total. The summed E-state index contributed by atoms with van der Waals surface area (Å²) in [5, 5.41) is 0. The van der Waals surface area contributed by atoms with Gasteiger partial charge in [0.15, 0.2) is 5.92 Å². The Hall–Kier alpha value is -2.88. The summed E-state index contributed by atoms with van der Waals surface area (Å²) in [5.41, 5.74) is 2.16. The number of hydrogen-bond acceptors (Lipinski definition) is 4. The van der Waals surface area contributed by atoms with Crippen molar-refractivity contribution in [2.45, 2.75) is 39.7 Å². The molecule has 0 saturated heterocycles. The van der Waals surface area contributed by atoms with Crippen LogP contribution in [0.5, 0.6) is 5.75 Å². The van der Waals surface area contributed by atoms with Crippen LogP contribution in [0.3, 0.4) is 0 Å². The zero-order valence-electron chi connectivity index (χ0n) is 16.3. The van der Waals surface area contributed by atoms with Gasteiger partial charge in [0.25, 0.3) is 0 Å². The highest BCUT2D eigenvalue weighted by atomic mass is 16.6. The lowest BCUT2D eigenvalue weighted by molar-refractivity contribution is -0.165. The van der Waals surface area contributed by atoms with Crippen LogP contribution in [0.25, 0.3) is 6.08 Å². The number of aryl methyl sites for hydroxylation is 1. The molecule has 0 aromatic heterocycles. The summed E-state index contributed by atoms with van der Waals surface area (Å²) in [6, 6.07) is 14.5. The van der Waals surface area contributed by atoms with Crippen molar-refractivity contribution in [1.29, 1.82) is 0 Å². The van der Waals surface area contributed by atoms with E-state index in [1.54, 1.807) is 51.1 Å². The fraction of sp³-hybridized carbons (Fsp3) is 0.304. The zero-order valence-corrected chi connectivity index (χ0v) is 16.3. The summed E-state index contributed by atoms with van der Waals surface area (Å²) in [5.74, 6) is -1.86. The fourth-order valence-corrected chi connectivity index (χ4v) is 2.61. The molecule has 142 valence electrons. The fourth-order valence-electron chi connectivity index (χ4n) is 2.61. The Kier molecular flexibility index (Phi) is 6.56. The first-order chi connectivity index (χ1) is 12.7. The molecule has 2 aromatic carbocycles. The molecule has 1 unspecified atom stereocenters. The van der Waals surface area contributed by atoms with Gasteiger partial charge in [0, 0.05) is 0 Å². The summed E-state index contributed by atoms with van der Waals surface area (Å²) < 4.78 is 10.9. The maximum atomic E-state index is 12.7. The van der Waals surface area contributed by atoms with E-state index in [1.165, 1.54) is 0 Å². The van der Waals surface area contributed by atoms with Crippen molar-refractivity contribution in [3.05, 3.63) is 71.8 Å². The number of ether oxygens (including phenoxy) is 2. The minimum absolute atomic E-state index is 0.212. The zero-order chi connectivity index (χ0) is 20.0. The topological polar surface area (TPSA) is 52.6 Å². The quantitative estimate of drug-likeness (QED) is 0.421. The van der Waals surface area contributed by atoms with E-state index in [4.69, 9.17) is 9.47 Å². The van der Waals surface area contributed by atoms with Gasteiger partial charge < -0.3 is 9.47 Å². The minimum Gasteiger partial charge on any atom is -0.459 e. The Morgan fingerprint density at radius 3 is 2.30 bits per heavy atom. The number of para-hydroxylation sites is 1. The van der Waals surface area contributed by atoms with E-state index < -0.39 is 23.5 Å². The first-order valence-electron chi connectivity index (χ1n) is 8.91. The predicted molar refractivity (Wildman–Crippen MR) is 106 cm³/mol. The van der Waals surface area contributed by atoms with Gasteiger partial charge in [0.1, 0.15) is 11.4 Å². The molecule has 1 atom stereocenters. The first-order valence-corrected chi connectivity index (χ1v) is 8.91. The monoisotopic (exact) mass is 366 g/mol. The van der Waals surface area contributed by atoms with Crippen molar-refractivity contribution in [3.8, 4) is 5.75 Å². The third kappa shape index (κ3) is 6.10. The van der Waals surface area contributed by atoms with Gasteiger partial charge in [0.05, 0.1) is 0 Å². The molecular formula is C23H26O4. The molecule has 0 saturated carbocycles. The second-order valence-corrected chi connectivity index (χ2v) is 7.41. The van der Waals surface area contributed by atoms with Gasteiger partial charge in [-0.05, 0) is 62.9 Å². The van der Waals surface area contributed by atoms with Gasteiger partial charge in [-0.15, -0.1) is 0 Å². The average Bonchev–Trinajstić information content (AvgIpc) is 2.59. The highest BCUT2D eigenvalue weighted by Gasteiger charge is 2.33. The maximum absolute atomic E-state index is 12.7. The number of carbonyl (C=O) groups excluding carboxylic acids is 2. The normalized spacial score (nSPS) is 12.1. The van der Waals surface area contributed by atoms with Crippen LogP contribution in [0.1, 0.15) is 37.5 Å². The van der Waals surface area contributed by atoms with Crippen LogP contribution in [0.2, 0.25) is 0 Å². The van der Waals surface area contributed by atoms with Crippen LogP contribution in [-0.4, -0.2) is 17.5 Å². The molecule has 0 aliphatic rings. The highest BCUT2D eigenvalue weighted by molar-refractivity contribution is 5.96. The lowest BCUT2D eigenvalue weighted by Crippen LogP contribution is -2.36. The molecule has 0 N–H and O–H groups in total. The third-order valence-corrected chi connectivity index (χ3v) is 3.96. The van der Waals surface area contributed by atoms with Crippen LogP contribution in [0.4, 0.5) is 0 Å². The van der Waals surface area contributed by atoms with Gasteiger partial charge in [-0.2, -0.15) is 0 Å². The van der Waals surface area contributed by atoms with E-state index in [2.05, 4.69) is 6.58 Å². The molecule has 0 spiro atoms. The molecule has 0 fully saturated rings. The molecular weight excluding hydrogens is 340 g/mol. The Bertz CT molecular complexity index is 816. The van der Waals surface area contributed by atoms with Crippen molar-refractivity contribution in [2.24, 2.45) is 5.92 Å². The van der Waals surface area contributed by atoms with E-state index in [0.29, 0.717) is 5.75 Å². The van der Waals surface area contributed by atoms with Gasteiger partial charge in [-0.3, -0.25) is 9.59 Å². The third-order valence-electron chi connectivity index (χ3n) is 3.96. The molecule has 0 aliphatic heterocycles. The summed E-state index contributed by atoms with van der Waals surface area (Å²) in [4.78, 5) is 25.4. The molecule has 0 amide bonds.